The average Bonchev–Trinajstić information content (AvgIpc) is 3.39. The zero-order chi connectivity index (χ0) is 25.7. The smallest absolute Gasteiger partial charge is 0.276 e. The minimum absolute atomic E-state index is 0.0274. The van der Waals surface area contributed by atoms with Gasteiger partial charge >= 0.3 is 0 Å². The summed E-state index contributed by atoms with van der Waals surface area (Å²) in [6, 6.07) is 19.1. The Hall–Kier alpha value is -3.98. The van der Waals surface area contributed by atoms with E-state index in [2.05, 4.69) is 15.3 Å². The number of hydrogen-bond acceptors (Lipinski definition) is 7. The molecule has 0 unspecified atom stereocenters. The van der Waals surface area contributed by atoms with Crippen LogP contribution in [0.15, 0.2) is 82.7 Å². The fourth-order valence-corrected chi connectivity index (χ4v) is 4.41. The first-order valence-electron chi connectivity index (χ1n) is 11.6. The highest BCUT2D eigenvalue weighted by Gasteiger charge is 2.25. The molecule has 1 amide bonds. The van der Waals surface area contributed by atoms with Crippen LogP contribution in [0.1, 0.15) is 39.9 Å². The van der Waals surface area contributed by atoms with Crippen molar-refractivity contribution in [1.82, 2.24) is 9.97 Å². The highest BCUT2D eigenvalue weighted by Crippen LogP contribution is 2.26. The second-order valence-corrected chi connectivity index (χ2v) is 10.7. The molecule has 0 saturated heterocycles. The first-order chi connectivity index (χ1) is 17.3. The number of furan rings is 1. The largest absolute Gasteiger partial charge is 0.467 e. The molecule has 0 aliphatic heterocycles. The maximum atomic E-state index is 13.6. The number of nitrogens with zero attached hydrogens (tertiary/aromatic N) is 3. The van der Waals surface area contributed by atoms with Gasteiger partial charge in [-0.15, -0.1) is 0 Å². The van der Waals surface area contributed by atoms with E-state index in [1.165, 1.54) is 13.1 Å². The van der Waals surface area contributed by atoms with E-state index in [0.717, 1.165) is 16.7 Å². The normalized spacial score (nSPS) is 11.3. The quantitative estimate of drug-likeness (QED) is 0.322. The molecule has 186 valence electrons. The number of anilines is 2. The molecule has 1 N–H and O–H groups in total. The van der Waals surface area contributed by atoms with Gasteiger partial charge < -0.3 is 14.6 Å². The van der Waals surface area contributed by atoms with Gasteiger partial charge in [-0.1, -0.05) is 49.4 Å². The summed E-state index contributed by atoms with van der Waals surface area (Å²) < 4.78 is 30.7. The molecule has 0 bridgehead atoms. The number of aryl methyl sites for hydroxylation is 2. The van der Waals surface area contributed by atoms with E-state index in [4.69, 9.17) is 4.42 Å². The topological polar surface area (TPSA) is 105 Å². The number of hydrogen-bond donors (Lipinski definition) is 1. The lowest BCUT2D eigenvalue weighted by atomic mass is 10.1. The van der Waals surface area contributed by atoms with Crippen LogP contribution < -0.4 is 10.2 Å². The van der Waals surface area contributed by atoms with Gasteiger partial charge in [-0.05, 0) is 48.7 Å². The van der Waals surface area contributed by atoms with Gasteiger partial charge in [0, 0.05) is 12.2 Å². The van der Waals surface area contributed by atoms with Crippen molar-refractivity contribution in [2.75, 3.05) is 16.0 Å². The predicted molar refractivity (Wildman–Crippen MR) is 139 cm³/mol. The Balaban J connectivity index is 1.81. The van der Waals surface area contributed by atoms with E-state index in [1.54, 1.807) is 12.3 Å². The van der Waals surface area contributed by atoms with Gasteiger partial charge in [-0.25, -0.2) is 18.4 Å². The first kappa shape index (κ1) is 25.1. The minimum atomic E-state index is -3.73. The molecule has 0 fully saturated rings. The number of rotatable bonds is 9. The molecule has 36 heavy (non-hydrogen) atoms. The number of sulfone groups is 1. The van der Waals surface area contributed by atoms with Gasteiger partial charge in [-0.2, -0.15) is 0 Å². The maximum absolute atomic E-state index is 13.6. The van der Waals surface area contributed by atoms with Crippen molar-refractivity contribution in [3.05, 3.63) is 101 Å². The average molecular weight is 505 g/mol. The molecule has 2 aromatic carbocycles. The van der Waals surface area contributed by atoms with Crippen LogP contribution in [-0.2, 0) is 22.9 Å². The molecule has 0 aliphatic rings. The number of carbonyl (C=O) groups is 1. The first-order valence-corrected chi connectivity index (χ1v) is 13.2. The second-order valence-electron chi connectivity index (χ2n) is 8.48. The Morgan fingerprint density at radius 1 is 1.03 bits per heavy atom. The summed E-state index contributed by atoms with van der Waals surface area (Å²) >= 11 is 0. The van der Waals surface area contributed by atoms with Crippen LogP contribution in [0, 0.1) is 13.8 Å². The van der Waals surface area contributed by atoms with Crippen LogP contribution in [0.3, 0.4) is 0 Å². The summed E-state index contributed by atoms with van der Waals surface area (Å²) in [5.74, 6) is -0.0203. The molecule has 0 spiro atoms. The van der Waals surface area contributed by atoms with Crippen molar-refractivity contribution in [3.8, 4) is 0 Å². The van der Waals surface area contributed by atoms with Crippen LogP contribution in [-0.4, -0.2) is 30.0 Å². The third-order valence-electron chi connectivity index (χ3n) is 5.75. The molecule has 2 aromatic heterocycles. The van der Waals surface area contributed by atoms with E-state index in [-0.39, 0.29) is 16.6 Å². The highest BCUT2D eigenvalue weighted by atomic mass is 32.2. The predicted octanol–water partition coefficient (Wildman–Crippen LogP) is 4.94. The molecule has 4 aromatic rings. The number of carbonyl (C=O) groups excluding carboxylic acids is 1. The molecule has 0 aliphatic carbocycles. The summed E-state index contributed by atoms with van der Waals surface area (Å²) in [5, 5.41) is 2.53. The Morgan fingerprint density at radius 2 is 1.81 bits per heavy atom. The lowest BCUT2D eigenvalue weighted by molar-refractivity contribution is 0.102. The number of amides is 1. The summed E-state index contributed by atoms with van der Waals surface area (Å²) in [6.07, 6.45) is 2.98. The molecule has 0 saturated carbocycles. The highest BCUT2D eigenvalue weighted by molar-refractivity contribution is 7.91. The standard InChI is InChI=1S/C27H28N4O4S/c1-4-36(33,34)27-28-16-24(25(30-27)26(32)29-23-15-19(2)12-13-20(23)3)31(18-22-11-8-14-35-22)17-21-9-6-5-7-10-21/h5-16H,4,17-18H2,1-3H3,(H,29,32). The Kier molecular flexibility index (Phi) is 7.49. The summed E-state index contributed by atoms with van der Waals surface area (Å²) in [5.41, 5.74) is 3.85. The lowest BCUT2D eigenvalue weighted by Crippen LogP contribution is -2.28. The van der Waals surface area contributed by atoms with Gasteiger partial charge in [0.2, 0.25) is 15.0 Å². The minimum Gasteiger partial charge on any atom is -0.467 e. The van der Waals surface area contributed by atoms with Crippen molar-refractivity contribution in [1.29, 1.82) is 0 Å². The third kappa shape index (κ3) is 5.80. The van der Waals surface area contributed by atoms with Crippen LogP contribution in [0.25, 0.3) is 0 Å². The molecular weight excluding hydrogens is 476 g/mol. The van der Waals surface area contributed by atoms with Crippen molar-refractivity contribution in [2.24, 2.45) is 0 Å². The van der Waals surface area contributed by atoms with Crippen LogP contribution in [0.2, 0.25) is 0 Å². The van der Waals surface area contributed by atoms with Gasteiger partial charge in [0.05, 0.1) is 30.4 Å². The van der Waals surface area contributed by atoms with E-state index in [0.29, 0.717) is 30.2 Å². The fraction of sp³-hybridized carbons (Fsp3) is 0.222. The van der Waals surface area contributed by atoms with Crippen molar-refractivity contribution < 1.29 is 17.6 Å². The Labute approximate surface area is 210 Å². The van der Waals surface area contributed by atoms with Gasteiger partial charge in [0.1, 0.15) is 5.76 Å². The fourth-order valence-electron chi connectivity index (χ4n) is 3.71. The zero-order valence-corrected chi connectivity index (χ0v) is 21.2. The Morgan fingerprint density at radius 3 is 2.50 bits per heavy atom. The molecule has 8 nitrogen and oxygen atoms in total. The van der Waals surface area contributed by atoms with Gasteiger partial charge in [0.15, 0.2) is 5.69 Å². The van der Waals surface area contributed by atoms with Gasteiger partial charge in [-0.3, -0.25) is 4.79 Å². The van der Waals surface area contributed by atoms with Crippen LogP contribution >= 0.6 is 0 Å². The van der Waals surface area contributed by atoms with E-state index in [1.807, 2.05) is 73.3 Å². The van der Waals surface area contributed by atoms with Crippen molar-refractivity contribution in [2.45, 2.75) is 39.0 Å². The summed E-state index contributed by atoms with van der Waals surface area (Å²) in [7, 11) is -3.73. The number of aromatic nitrogens is 2. The van der Waals surface area contributed by atoms with E-state index >= 15 is 0 Å². The second kappa shape index (κ2) is 10.7. The number of benzene rings is 2. The van der Waals surface area contributed by atoms with Crippen molar-refractivity contribution >= 4 is 27.1 Å². The molecule has 0 radical (unpaired) electrons. The zero-order valence-electron chi connectivity index (χ0n) is 20.4. The maximum Gasteiger partial charge on any atom is 0.276 e. The number of nitrogens with one attached hydrogen (secondary N) is 1. The molecule has 0 atom stereocenters. The van der Waals surface area contributed by atoms with E-state index < -0.39 is 15.7 Å². The molecule has 9 heteroatoms. The SMILES string of the molecule is CCS(=O)(=O)c1ncc(N(Cc2ccccc2)Cc2ccco2)c(C(=O)Nc2cc(C)ccc2C)n1. The van der Waals surface area contributed by atoms with Crippen molar-refractivity contribution in [3.63, 3.8) is 0 Å². The van der Waals surface area contributed by atoms with E-state index in [9.17, 15) is 13.2 Å². The Bertz CT molecular complexity index is 1450. The van der Waals surface area contributed by atoms with Crippen LogP contribution in [0.5, 0.6) is 0 Å². The summed E-state index contributed by atoms with van der Waals surface area (Å²) in [4.78, 5) is 23.9. The van der Waals surface area contributed by atoms with Gasteiger partial charge in [0.25, 0.3) is 5.91 Å². The lowest BCUT2D eigenvalue weighted by Gasteiger charge is -2.25. The third-order valence-corrected chi connectivity index (χ3v) is 7.26. The van der Waals surface area contributed by atoms with Crippen LogP contribution in [0.4, 0.5) is 11.4 Å². The molecule has 2 heterocycles. The molecule has 4 rings (SSSR count). The monoisotopic (exact) mass is 504 g/mol. The molecular formula is C27H28N4O4S. The summed E-state index contributed by atoms with van der Waals surface area (Å²) in [6.45, 7) is 6.09.